The van der Waals surface area contributed by atoms with Crippen molar-refractivity contribution in [2.24, 2.45) is 0 Å². The molecule has 10 heavy (non-hydrogen) atoms. The monoisotopic (exact) mass is 207 g/mol. The van der Waals surface area contributed by atoms with Crippen LogP contribution in [0.2, 0.25) is 0 Å². The predicted octanol–water partition coefficient (Wildman–Crippen LogP) is 0.584. The molecule has 0 spiro atoms. The molecule has 0 aliphatic heterocycles. The fourth-order valence-corrected chi connectivity index (χ4v) is 0.752. The largest absolute Gasteiger partial charge is 0.350 e. The molecule has 1 aromatic heterocycles. The van der Waals surface area contributed by atoms with E-state index in [1.165, 1.54) is 0 Å². The second kappa shape index (κ2) is 3.21. The first-order chi connectivity index (χ1) is 4.47. The molecule has 0 fully saturated rings. The fourth-order valence-electron chi connectivity index (χ4n) is 0.752. The normalized spacial score (nSPS) is 9.20. The van der Waals surface area contributed by atoms with Gasteiger partial charge in [0, 0.05) is 32.7 Å². The van der Waals surface area contributed by atoms with Gasteiger partial charge in [-0.15, -0.1) is 0 Å². The number of hydrogen-bond acceptors (Lipinski definition) is 2. The average Bonchev–Trinajstić information content (AvgIpc) is 2.33. The molecular formula is C6H4N3Y-. The van der Waals surface area contributed by atoms with Gasteiger partial charge in [0.2, 0.25) is 0 Å². The zero-order valence-corrected chi connectivity index (χ0v) is 8.07. The van der Waals surface area contributed by atoms with Crippen molar-refractivity contribution < 1.29 is 32.7 Å². The van der Waals surface area contributed by atoms with Crippen molar-refractivity contribution in [1.82, 2.24) is 15.4 Å². The van der Waals surface area contributed by atoms with Gasteiger partial charge in [-0.2, -0.15) is 0 Å². The molecule has 1 radical (unpaired) electrons. The van der Waals surface area contributed by atoms with Crippen LogP contribution >= 0.6 is 0 Å². The molecule has 0 N–H and O–H groups in total. The quantitative estimate of drug-likeness (QED) is 0.634. The molecule has 0 saturated heterocycles. The van der Waals surface area contributed by atoms with E-state index in [0.717, 1.165) is 11.0 Å². The molecule has 3 nitrogen and oxygen atoms in total. The van der Waals surface area contributed by atoms with Crippen LogP contribution in [0, 0.1) is 0 Å². The van der Waals surface area contributed by atoms with Gasteiger partial charge in [-0.25, -0.2) is 0 Å². The number of fused-ring (bicyclic) bond motifs is 1. The summed E-state index contributed by atoms with van der Waals surface area (Å²) in [6.07, 6.45) is 0. The Morgan fingerprint density at radius 1 is 1.20 bits per heavy atom. The first-order valence-electron chi connectivity index (χ1n) is 2.67. The topological polar surface area (TPSA) is 39.9 Å². The second-order valence-electron chi connectivity index (χ2n) is 1.78. The summed E-state index contributed by atoms with van der Waals surface area (Å²) in [4.78, 5) is 0. The van der Waals surface area contributed by atoms with Gasteiger partial charge in [-0.1, -0.05) is 24.3 Å². The summed E-state index contributed by atoms with van der Waals surface area (Å²) >= 11 is 0. The van der Waals surface area contributed by atoms with Crippen LogP contribution < -0.4 is 5.10 Å². The molecule has 2 aromatic rings. The number of aromatic nitrogens is 3. The van der Waals surface area contributed by atoms with E-state index in [4.69, 9.17) is 0 Å². The second-order valence-corrected chi connectivity index (χ2v) is 1.78. The van der Waals surface area contributed by atoms with Crippen LogP contribution in [0.5, 0.6) is 0 Å². The standard InChI is InChI=1S/C6H4N3.Y/c1-2-4-6-5(3-1)7-9-8-6;/h1-4H;/q-1;. The van der Waals surface area contributed by atoms with E-state index in [1.54, 1.807) is 0 Å². The molecule has 0 unspecified atom stereocenters. The Morgan fingerprint density at radius 2 is 2.00 bits per heavy atom. The van der Waals surface area contributed by atoms with Crippen molar-refractivity contribution >= 4 is 11.0 Å². The van der Waals surface area contributed by atoms with Gasteiger partial charge in [-0.3, -0.25) is 5.21 Å². The minimum atomic E-state index is 0. The first-order valence-corrected chi connectivity index (χ1v) is 2.67. The SMILES string of the molecule is [Y].c1ccc2[n-]nnc2c1. The van der Waals surface area contributed by atoms with Gasteiger partial charge >= 0.3 is 0 Å². The van der Waals surface area contributed by atoms with Gasteiger partial charge in [-0.05, 0) is 11.0 Å². The first kappa shape index (κ1) is 7.83. The van der Waals surface area contributed by atoms with Gasteiger partial charge in [0.05, 0.1) is 0 Å². The Labute approximate surface area is 83.1 Å². The van der Waals surface area contributed by atoms with E-state index >= 15 is 0 Å². The third-order valence-electron chi connectivity index (χ3n) is 1.19. The third kappa shape index (κ3) is 1.25. The molecule has 0 atom stereocenters. The molecule has 2 rings (SSSR count). The van der Waals surface area contributed by atoms with Crippen LogP contribution in [0.15, 0.2) is 24.3 Å². The smallest absolute Gasteiger partial charge is 0 e. The Kier molecular flexibility index (Phi) is 2.52. The van der Waals surface area contributed by atoms with Gasteiger partial charge in [0.15, 0.2) is 0 Å². The summed E-state index contributed by atoms with van der Waals surface area (Å²) in [6.45, 7) is 0. The maximum Gasteiger partial charge on any atom is 0 e. The van der Waals surface area contributed by atoms with Gasteiger partial charge in [0.1, 0.15) is 0 Å². The maximum atomic E-state index is 3.76. The number of nitrogens with zero attached hydrogens (tertiary/aromatic N) is 3. The molecule has 0 aliphatic carbocycles. The van der Waals surface area contributed by atoms with Crippen LogP contribution in [0.1, 0.15) is 0 Å². The Hall–Kier alpha value is -0.276. The maximum absolute atomic E-state index is 3.76. The third-order valence-corrected chi connectivity index (χ3v) is 1.19. The molecule has 0 saturated carbocycles. The van der Waals surface area contributed by atoms with Gasteiger partial charge < -0.3 is 10.2 Å². The van der Waals surface area contributed by atoms with Crippen LogP contribution in [0.3, 0.4) is 0 Å². The number of rotatable bonds is 0. The van der Waals surface area contributed by atoms with E-state index in [1.807, 2.05) is 24.3 Å². The number of benzene rings is 1. The van der Waals surface area contributed by atoms with Crippen molar-refractivity contribution in [3.05, 3.63) is 24.3 Å². The summed E-state index contributed by atoms with van der Waals surface area (Å²) in [5.74, 6) is 0. The van der Waals surface area contributed by atoms with Crippen LogP contribution in [0.25, 0.3) is 11.0 Å². The van der Waals surface area contributed by atoms with Crippen molar-refractivity contribution in [2.75, 3.05) is 0 Å². The Bertz CT molecular complexity index is 287. The summed E-state index contributed by atoms with van der Waals surface area (Å²) in [5, 5.41) is 11.0. The zero-order valence-electron chi connectivity index (χ0n) is 5.23. The van der Waals surface area contributed by atoms with Crippen molar-refractivity contribution in [2.45, 2.75) is 0 Å². The Morgan fingerprint density at radius 3 is 2.80 bits per heavy atom. The molecule has 1 heterocycles. The zero-order chi connectivity index (χ0) is 6.10. The summed E-state index contributed by atoms with van der Waals surface area (Å²) in [5.41, 5.74) is 1.72. The van der Waals surface area contributed by atoms with E-state index in [9.17, 15) is 0 Å². The summed E-state index contributed by atoms with van der Waals surface area (Å²) in [6, 6.07) is 7.60. The minimum absolute atomic E-state index is 0. The van der Waals surface area contributed by atoms with Crippen LogP contribution in [-0.4, -0.2) is 10.3 Å². The van der Waals surface area contributed by atoms with Crippen LogP contribution in [-0.2, 0) is 32.7 Å². The molecule has 0 aliphatic rings. The van der Waals surface area contributed by atoms with Crippen molar-refractivity contribution in [3.63, 3.8) is 0 Å². The van der Waals surface area contributed by atoms with E-state index < -0.39 is 0 Å². The molecular weight excluding hydrogens is 203 g/mol. The van der Waals surface area contributed by atoms with Crippen molar-refractivity contribution in [3.8, 4) is 0 Å². The fraction of sp³-hybridized carbons (Fsp3) is 0. The number of hydrogen-bond donors (Lipinski definition) is 0. The van der Waals surface area contributed by atoms with E-state index in [-0.39, 0.29) is 32.7 Å². The Balaban J connectivity index is 0.000000500. The molecule has 1 aromatic carbocycles. The van der Waals surface area contributed by atoms with Crippen molar-refractivity contribution in [1.29, 1.82) is 0 Å². The molecule has 0 bridgehead atoms. The minimum Gasteiger partial charge on any atom is -0.350 e. The molecule has 4 heteroatoms. The van der Waals surface area contributed by atoms with E-state index in [0.29, 0.717) is 0 Å². The summed E-state index contributed by atoms with van der Waals surface area (Å²) in [7, 11) is 0. The predicted molar refractivity (Wildman–Crippen MR) is 32.9 cm³/mol. The molecule has 0 amide bonds. The van der Waals surface area contributed by atoms with E-state index in [2.05, 4.69) is 15.4 Å². The summed E-state index contributed by atoms with van der Waals surface area (Å²) < 4.78 is 0. The molecule has 47 valence electrons. The van der Waals surface area contributed by atoms with Gasteiger partial charge in [0.25, 0.3) is 0 Å². The average molecular weight is 207 g/mol. The van der Waals surface area contributed by atoms with Crippen LogP contribution in [0.4, 0.5) is 0 Å².